The monoisotopic (exact) mass is 236 g/mol. The Balaban J connectivity index is 0.000000845. The molecule has 0 saturated heterocycles. The van der Waals surface area contributed by atoms with Gasteiger partial charge >= 0.3 is 0 Å². The summed E-state index contributed by atoms with van der Waals surface area (Å²) in [6.07, 6.45) is 4.12. The summed E-state index contributed by atoms with van der Waals surface area (Å²) in [6, 6.07) is 6.07. The van der Waals surface area contributed by atoms with E-state index in [1.165, 1.54) is 16.7 Å². The normalized spacial score (nSPS) is 13.2. The summed E-state index contributed by atoms with van der Waals surface area (Å²) in [4.78, 5) is 0. The molecule has 0 aliphatic heterocycles. The van der Waals surface area contributed by atoms with Gasteiger partial charge in [0.15, 0.2) is 0 Å². The standard InChI is InChI=1S/C11H10Cl.Co/c1-2-8-3-4-9-5-6-10(12)7-11(8)9;/h3,5-7H,1-2,4H2;/q-1;. The zero-order valence-electron chi connectivity index (χ0n) is 7.14. The van der Waals surface area contributed by atoms with E-state index in [0.717, 1.165) is 17.9 Å². The van der Waals surface area contributed by atoms with Crippen LogP contribution >= 0.6 is 11.6 Å². The molecule has 1 aliphatic rings. The first-order valence-corrected chi connectivity index (χ1v) is 4.46. The van der Waals surface area contributed by atoms with Gasteiger partial charge in [-0.15, -0.1) is 0 Å². The van der Waals surface area contributed by atoms with Gasteiger partial charge in [0.2, 0.25) is 0 Å². The minimum atomic E-state index is 0. The maximum absolute atomic E-state index is 5.90. The van der Waals surface area contributed by atoms with E-state index in [1.807, 2.05) is 12.1 Å². The van der Waals surface area contributed by atoms with Crippen LogP contribution in [0.3, 0.4) is 0 Å². The van der Waals surface area contributed by atoms with Crippen LogP contribution in [0, 0.1) is 6.92 Å². The Kier molecular flexibility index (Phi) is 3.60. The Bertz CT molecular complexity index is 342. The third-order valence-electron chi connectivity index (χ3n) is 2.26. The minimum absolute atomic E-state index is 0. The van der Waals surface area contributed by atoms with Crippen LogP contribution in [0.2, 0.25) is 5.02 Å². The third kappa shape index (κ3) is 1.98. The summed E-state index contributed by atoms with van der Waals surface area (Å²) in [6.45, 7) is 3.88. The Hall–Kier alpha value is -0.244. The molecule has 2 heteroatoms. The van der Waals surface area contributed by atoms with Crippen molar-refractivity contribution in [1.29, 1.82) is 0 Å². The largest absolute Gasteiger partial charge is 0.339 e. The Morgan fingerprint density at radius 2 is 2.15 bits per heavy atom. The van der Waals surface area contributed by atoms with Crippen LogP contribution in [0.4, 0.5) is 0 Å². The van der Waals surface area contributed by atoms with Gasteiger partial charge in [-0.25, -0.2) is 0 Å². The van der Waals surface area contributed by atoms with Crippen molar-refractivity contribution < 1.29 is 16.8 Å². The molecule has 0 nitrogen and oxygen atoms in total. The van der Waals surface area contributed by atoms with Crippen molar-refractivity contribution in [1.82, 2.24) is 0 Å². The van der Waals surface area contributed by atoms with Gasteiger partial charge in [0.05, 0.1) is 0 Å². The smallest absolute Gasteiger partial charge is 0.0412 e. The Morgan fingerprint density at radius 3 is 2.85 bits per heavy atom. The van der Waals surface area contributed by atoms with Gasteiger partial charge < -0.3 is 6.92 Å². The van der Waals surface area contributed by atoms with Gasteiger partial charge in [-0.2, -0.15) is 6.42 Å². The van der Waals surface area contributed by atoms with Crippen LogP contribution in [0.25, 0.3) is 5.57 Å². The quantitative estimate of drug-likeness (QED) is 0.655. The molecule has 13 heavy (non-hydrogen) atoms. The second-order valence-electron chi connectivity index (χ2n) is 2.98. The molecule has 0 heterocycles. The predicted octanol–water partition coefficient (Wildman–Crippen LogP) is 3.50. The van der Waals surface area contributed by atoms with Gasteiger partial charge in [0, 0.05) is 21.8 Å². The number of benzene rings is 1. The van der Waals surface area contributed by atoms with Crippen LogP contribution < -0.4 is 0 Å². The minimum Gasteiger partial charge on any atom is -0.339 e. The summed E-state index contributed by atoms with van der Waals surface area (Å²) in [7, 11) is 0. The van der Waals surface area contributed by atoms with Gasteiger partial charge in [0.1, 0.15) is 0 Å². The summed E-state index contributed by atoms with van der Waals surface area (Å²) >= 11 is 5.90. The van der Waals surface area contributed by atoms with Crippen molar-refractivity contribution in [3.8, 4) is 0 Å². The van der Waals surface area contributed by atoms with Crippen molar-refractivity contribution in [3.05, 3.63) is 47.3 Å². The van der Waals surface area contributed by atoms with Crippen molar-refractivity contribution in [3.63, 3.8) is 0 Å². The topological polar surface area (TPSA) is 0 Å². The second kappa shape index (κ2) is 4.31. The molecule has 1 aromatic rings. The van der Waals surface area contributed by atoms with E-state index in [4.69, 9.17) is 11.6 Å². The van der Waals surface area contributed by atoms with E-state index in [1.54, 1.807) is 0 Å². The number of hydrogen-bond acceptors (Lipinski definition) is 0. The van der Waals surface area contributed by atoms with Crippen molar-refractivity contribution in [2.24, 2.45) is 0 Å². The summed E-state index contributed by atoms with van der Waals surface area (Å²) < 4.78 is 0. The molecule has 1 aliphatic carbocycles. The summed E-state index contributed by atoms with van der Waals surface area (Å²) in [5.41, 5.74) is 3.99. The number of allylic oxidation sites excluding steroid dienone is 2. The van der Waals surface area contributed by atoms with E-state index in [9.17, 15) is 0 Å². The average molecular weight is 237 g/mol. The maximum Gasteiger partial charge on any atom is 0.0412 e. The molecule has 0 amide bonds. The molecule has 0 atom stereocenters. The third-order valence-corrected chi connectivity index (χ3v) is 2.49. The van der Waals surface area contributed by atoms with Gasteiger partial charge in [0.25, 0.3) is 0 Å². The van der Waals surface area contributed by atoms with Crippen LogP contribution in [0.15, 0.2) is 24.3 Å². The molecule has 71 valence electrons. The zero-order valence-corrected chi connectivity index (χ0v) is 8.94. The number of fused-ring (bicyclic) bond motifs is 1. The first kappa shape index (κ1) is 10.8. The van der Waals surface area contributed by atoms with E-state index < -0.39 is 0 Å². The second-order valence-corrected chi connectivity index (χ2v) is 3.42. The van der Waals surface area contributed by atoms with E-state index in [2.05, 4.69) is 19.1 Å². The number of hydrogen-bond donors (Lipinski definition) is 0. The molecule has 1 radical (unpaired) electrons. The fraction of sp³-hybridized carbons (Fsp3) is 0.182. The Labute approximate surface area is 94.2 Å². The van der Waals surface area contributed by atoms with Crippen LogP contribution in [-0.2, 0) is 23.2 Å². The molecule has 0 aromatic heterocycles. The van der Waals surface area contributed by atoms with E-state index >= 15 is 0 Å². The fourth-order valence-electron chi connectivity index (χ4n) is 1.61. The van der Waals surface area contributed by atoms with Crippen molar-refractivity contribution >= 4 is 17.2 Å². The molecule has 0 N–H and O–H groups in total. The van der Waals surface area contributed by atoms with Gasteiger partial charge in [-0.1, -0.05) is 29.3 Å². The number of halogens is 1. The molecular weight excluding hydrogens is 227 g/mol. The molecule has 1 aromatic carbocycles. The molecule has 2 rings (SSSR count). The summed E-state index contributed by atoms with van der Waals surface area (Å²) in [5.74, 6) is 0. The first-order chi connectivity index (χ1) is 5.81. The van der Waals surface area contributed by atoms with E-state index in [0.29, 0.717) is 0 Å². The molecule has 0 saturated carbocycles. The molecule has 0 bridgehead atoms. The van der Waals surface area contributed by atoms with Crippen LogP contribution in [0.5, 0.6) is 0 Å². The fourth-order valence-corrected chi connectivity index (χ4v) is 1.78. The maximum atomic E-state index is 5.90. The van der Waals surface area contributed by atoms with Crippen LogP contribution in [-0.4, -0.2) is 0 Å². The SMILES string of the molecule is [CH2-]CC1=CCc2ccc(Cl)cc21.[Co]. The zero-order chi connectivity index (χ0) is 8.55. The summed E-state index contributed by atoms with van der Waals surface area (Å²) in [5, 5.41) is 0.815. The Morgan fingerprint density at radius 1 is 1.38 bits per heavy atom. The molecule has 0 unspecified atom stereocenters. The van der Waals surface area contributed by atoms with Crippen molar-refractivity contribution in [2.45, 2.75) is 12.8 Å². The number of rotatable bonds is 1. The first-order valence-electron chi connectivity index (χ1n) is 4.08. The van der Waals surface area contributed by atoms with Crippen molar-refractivity contribution in [2.75, 3.05) is 0 Å². The van der Waals surface area contributed by atoms with Crippen LogP contribution in [0.1, 0.15) is 17.5 Å². The molecule has 0 fully saturated rings. The van der Waals surface area contributed by atoms with Gasteiger partial charge in [-0.05, 0) is 29.7 Å². The molecule has 0 spiro atoms. The average Bonchev–Trinajstić information content (AvgIpc) is 2.46. The van der Waals surface area contributed by atoms with Gasteiger partial charge in [-0.3, -0.25) is 0 Å². The van der Waals surface area contributed by atoms with E-state index in [-0.39, 0.29) is 16.8 Å². The predicted molar refractivity (Wildman–Crippen MR) is 53.1 cm³/mol. The molecular formula is C11H10ClCo-.